The zero-order chi connectivity index (χ0) is 17.5. The number of rotatable bonds is 7. The molecule has 0 aliphatic rings. The van der Waals surface area contributed by atoms with Gasteiger partial charge in [0.15, 0.2) is 6.61 Å². The van der Waals surface area contributed by atoms with E-state index in [2.05, 4.69) is 31.3 Å². The first-order valence-electron chi connectivity index (χ1n) is 8.50. The molecule has 0 aliphatic heterocycles. The van der Waals surface area contributed by atoms with Gasteiger partial charge in [-0.2, -0.15) is 0 Å². The Kier molecular flexibility index (Phi) is 6.42. The van der Waals surface area contributed by atoms with E-state index in [4.69, 9.17) is 4.74 Å². The van der Waals surface area contributed by atoms with E-state index in [0.29, 0.717) is 5.92 Å². The molecule has 0 saturated carbocycles. The molecule has 0 aromatic heterocycles. The molecule has 0 spiro atoms. The van der Waals surface area contributed by atoms with Gasteiger partial charge in [0.2, 0.25) is 0 Å². The van der Waals surface area contributed by atoms with Crippen molar-refractivity contribution >= 4 is 5.91 Å². The van der Waals surface area contributed by atoms with E-state index in [1.807, 2.05) is 50.2 Å². The molecule has 3 nitrogen and oxygen atoms in total. The van der Waals surface area contributed by atoms with Gasteiger partial charge in [-0.3, -0.25) is 4.79 Å². The molecule has 1 atom stereocenters. The van der Waals surface area contributed by atoms with Crippen molar-refractivity contribution in [1.82, 2.24) is 5.32 Å². The molecule has 3 heteroatoms. The standard InChI is InChI=1S/C21H27NO2/c1-15(2)13-19(18-10-6-5-7-11-18)22-21(23)14-24-20-12-8-9-16(3)17(20)4/h5-12,15,19H,13-14H2,1-4H3,(H,22,23)/t19-/m1/s1. The molecule has 2 aromatic carbocycles. The highest BCUT2D eigenvalue weighted by Gasteiger charge is 2.16. The summed E-state index contributed by atoms with van der Waals surface area (Å²) in [6, 6.07) is 16.0. The molecule has 1 amide bonds. The summed E-state index contributed by atoms with van der Waals surface area (Å²) in [7, 11) is 0. The quantitative estimate of drug-likeness (QED) is 0.809. The second kappa shape index (κ2) is 8.53. The molecule has 2 rings (SSSR count). The van der Waals surface area contributed by atoms with Crippen LogP contribution in [-0.4, -0.2) is 12.5 Å². The molecule has 24 heavy (non-hydrogen) atoms. The smallest absolute Gasteiger partial charge is 0.258 e. The highest BCUT2D eigenvalue weighted by Crippen LogP contribution is 2.22. The Labute approximate surface area is 145 Å². The SMILES string of the molecule is Cc1cccc(OCC(=O)N[C@H](CC(C)C)c2ccccc2)c1C. The number of hydrogen-bond acceptors (Lipinski definition) is 2. The number of carbonyl (C=O) groups is 1. The Balaban J connectivity index is 1.99. The lowest BCUT2D eigenvalue weighted by atomic mass is 9.97. The Hall–Kier alpha value is -2.29. The number of amides is 1. The minimum absolute atomic E-state index is 0.0147. The molecule has 128 valence electrons. The lowest BCUT2D eigenvalue weighted by Crippen LogP contribution is -2.33. The first-order valence-corrected chi connectivity index (χ1v) is 8.50. The van der Waals surface area contributed by atoms with Crippen molar-refractivity contribution in [2.24, 2.45) is 5.92 Å². The van der Waals surface area contributed by atoms with Crippen LogP contribution in [0.1, 0.15) is 43.0 Å². The van der Waals surface area contributed by atoms with Crippen LogP contribution in [0, 0.1) is 19.8 Å². The number of ether oxygens (including phenoxy) is 1. The Morgan fingerprint density at radius 3 is 2.42 bits per heavy atom. The number of carbonyl (C=O) groups excluding carboxylic acids is 1. The summed E-state index contributed by atoms with van der Waals surface area (Å²) in [5.74, 6) is 1.17. The molecule has 2 aromatic rings. The van der Waals surface area contributed by atoms with E-state index in [-0.39, 0.29) is 18.6 Å². The Bertz CT molecular complexity index is 665. The zero-order valence-corrected chi connectivity index (χ0v) is 15.0. The van der Waals surface area contributed by atoms with Gasteiger partial charge >= 0.3 is 0 Å². The molecule has 0 saturated heterocycles. The van der Waals surface area contributed by atoms with Crippen LogP contribution in [0.25, 0.3) is 0 Å². The fraction of sp³-hybridized carbons (Fsp3) is 0.381. The summed E-state index contributed by atoms with van der Waals surface area (Å²) in [6.45, 7) is 8.40. The maximum atomic E-state index is 12.3. The zero-order valence-electron chi connectivity index (χ0n) is 15.0. The van der Waals surface area contributed by atoms with Gasteiger partial charge in [0.25, 0.3) is 5.91 Å². The Morgan fingerprint density at radius 1 is 1.04 bits per heavy atom. The van der Waals surface area contributed by atoms with Crippen LogP contribution < -0.4 is 10.1 Å². The fourth-order valence-electron chi connectivity index (χ4n) is 2.69. The van der Waals surface area contributed by atoms with Gasteiger partial charge in [-0.05, 0) is 48.9 Å². The largest absolute Gasteiger partial charge is 0.483 e. The summed E-state index contributed by atoms with van der Waals surface area (Å²) in [6.07, 6.45) is 0.902. The van der Waals surface area contributed by atoms with Gasteiger partial charge in [-0.1, -0.05) is 56.3 Å². The predicted molar refractivity (Wildman–Crippen MR) is 98.2 cm³/mol. The fourth-order valence-corrected chi connectivity index (χ4v) is 2.69. The monoisotopic (exact) mass is 325 g/mol. The number of hydrogen-bond donors (Lipinski definition) is 1. The van der Waals surface area contributed by atoms with Gasteiger partial charge in [-0.25, -0.2) is 0 Å². The number of benzene rings is 2. The van der Waals surface area contributed by atoms with Crippen molar-refractivity contribution in [3.63, 3.8) is 0 Å². The maximum Gasteiger partial charge on any atom is 0.258 e. The van der Waals surface area contributed by atoms with Crippen LogP contribution >= 0.6 is 0 Å². The first-order chi connectivity index (χ1) is 11.5. The topological polar surface area (TPSA) is 38.3 Å². The molecule has 0 radical (unpaired) electrons. The van der Waals surface area contributed by atoms with Crippen LogP contribution in [-0.2, 0) is 4.79 Å². The van der Waals surface area contributed by atoms with Gasteiger partial charge in [0.05, 0.1) is 6.04 Å². The average molecular weight is 325 g/mol. The third-order valence-corrected chi connectivity index (χ3v) is 4.16. The number of nitrogens with one attached hydrogen (secondary N) is 1. The maximum absolute atomic E-state index is 12.3. The van der Waals surface area contributed by atoms with Crippen LogP contribution in [0.3, 0.4) is 0 Å². The van der Waals surface area contributed by atoms with Crippen molar-refractivity contribution in [2.45, 2.75) is 40.2 Å². The van der Waals surface area contributed by atoms with Crippen LogP contribution in [0.5, 0.6) is 5.75 Å². The second-order valence-corrected chi connectivity index (χ2v) is 6.65. The van der Waals surface area contributed by atoms with Crippen molar-refractivity contribution in [2.75, 3.05) is 6.61 Å². The molecule has 0 aliphatic carbocycles. The molecule has 0 unspecified atom stereocenters. The summed E-state index contributed by atoms with van der Waals surface area (Å²) in [5, 5.41) is 3.11. The van der Waals surface area contributed by atoms with E-state index < -0.39 is 0 Å². The normalized spacial score (nSPS) is 12.0. The van der Waals surface area contributed by atoms with Crippen molar-refractivity contribution < 1.29 is 9.53 Å². The lowest BCUT2D eigenvalue weighted by Gasteiger charge is -2.21. The van der Waals surface area contributed by atoms with E-state index in [1.165, 1.54) is 0 Å². The molecule has 0 heterocycles. The molecular formula is C21H27NO2. The third-order valence-electron chi connectivity index (χ3n) is 4.16. The van der Waals surface area contributed by atoms with Crippen molar-refractivity contribution in [3.05, 3.63) is 65.2 Å². The molecular weight excluding hydrogens is 298 g/mol. The van der Waals surface area contributed by atoms with Crippen LogP contribution in [0.15, 0.2) is 48.5 Å². The third kappa shape index (κ3) is 5.12. The molecule has 1 N–H and O–H groups in total. The highest BCUT2D eigenvalue weighted by atomic mass is 16.5. The van der Waals surface area contributed by atoms with E-state index in [9.17, 15) is 4.79 Å². The first kappa shape index (κ1) is 18.1. The lowest BCUT2D eigenvalue weighted by molar-refractivity contribution is -0.124. The van der Waals surface area contributed by atoms with Crippen molar-refractivity contribution in [1.29, 1.82) is 0 Å². The van der Waals surface area contributed by atoms with Gasteiger partial charge in [0.1, 0.15) is 5.75 Å². The van der Waals surface area contributed by atoms with E-state index in [1.54, 1.807) is 0 Å². The summed E-state index contributed by atoms with van der Waals surface area (Å²) >= 11 is 0. The van der Waals surface area contributed by atoms with Gasteiger partial charge in [0, 0.05) is 0 Å². The minimum atomic E-state index is -0.0922. The van der Waals surface area contributed by atoms with Crippen LogP contribution in [0.2, 0.25) is 0 Å². The van der Waals surface area contributed by atoms with Gasteiger partial charge < -0.3 is 10.1 Å². The summed E-state index contributed by atoms with van der Waals surface area (Å²) in [5.41, 5.74) is 3.37. The molecule has 0 bridgehead atoms. The minimum Gasteiger partial charge on any atom is -0.483 e. The molecule has 0 fully saturated rings. The Morgan fingerprint density at radius 2 is 1.75 bits per heavy atom. The average Bonchev–Trinajstić information content (AvgIpc) is 2.56. The summed E-state index contributed by atoms with van der Waals surface area (Å²) in [4.78, 5) is 12.3. The summed E-state index contributed by atoms with van der Waals surface area (Å²) < 4.78 is 5.71. The second-order valence-electron chi connectivity index (χ2n) is 6.65. The van der Waals surface area contributed by atoms with E-state index >= 15 is 0 Å². The van der Waals surface area contributed by atoms with E-state index in [0.717, 1.165) is 28.9 Å². The number of aryl methyl sites for hydroxylation is 1. The predicted octanol–water partition coefficient (Wildman–Crippen LogP) is 4.59. The van der Waals surface area contributed by atoms with Crippen molar-refractivity contribution in [3.8, 4) is 5.75 Å². The van der Waals surface area contributed by atoms with Crippen LogP contribution in [0.4, 0.5) is 0 Å². The van der Waals surface area contributed by atoms with Gasteiger partial charge in [-0.15, -0.1) is 0 Å². The highest BCUT2D eigenvalue weighted by molar-refractivity contribution is 5.78.